The molecule has 0 aliphatic rings. The van der Waals surface area contributed by atoms with Crippen LogP contribution in [-0.2, 0) is 11.3 Å². The lowest BCUT2D eigenvalue weighted by molar-refractivity contribution is -0.164. The third-order valence-electron chi connectivity index (χ3n) is 3.01. The van der Waals surface area contributed by atoms with Crippen molar-refractivity contribution in [2.45, 2.75) is 12.7 Å². The summed E-state index contributed by atoms with van der Waals surface area (Å²) in [6.07, 6.45) is -3.24. The number of halogens is 3. The van der Waals surface area contributed by atoms with Crippen molar-refractivity contribution in [1.82, 2.24) is 4.90 Å². The van der Waals surface area contributed by atoms with E-state index in [0.717, 1.165) is 0 Å². The summed E-state index contributed by atoms with van der Waals surface area (Å²) in [5.41, 5.74) is 0.193. The van der Waals surface area contributed by atoms with Crippen LogP contribution in [0, 0.1) is 11.3 Å². The van der Waals surface area contributed by atoms with Crippen molar-refractivity contribution in [2.75, 3.05) is 13.2 Å². The van der Waals surface area contributed by atoms with Gasteiger partial charge in [0.2, 0.25) is 0 Å². The molecule has 0 spiro atoms. The van der Waals surface area contributed by atoms with E-state index < -0.39 is 25.2 Å². The Balaban J connectivity index is 2.05. The zero-order valence-electron chi connectivity index (χ0n) is 12.4. The van der Waals surface area contributed by atoms with Gasteiger partial charge >= 0.3 is 6.18 Å². The monoisotopic (exact) mass is 338 g/mol. The standard InChI is InChI=1S/C16H13F3N2O3/c17-16(18,19)11-21(9-13-5-3-7-23-13)15(22)10-24-14-6-2-1-4-12(14)8-20/h1-7H,9-11H2. The normalized spacial score (nSPS) is 10.9. The Morgan fingerprint density at radius 1 is 1.25 bits per heavy atom. The van der Waals surface area contributed by atoms with Gasteiger partial charge < -0.3 is 14.1 Å². The Morgan fingerprint density at radius 3 is 2.62 bits per heavy atom. The molecule has 1 aromatic heterocycles. The lowest BCUT2D eigenvalue weighted by atomic mass is 10.2. The van der Waals surface area contributed by atoms with Gasteiger partial charge in [-0.15, -0.1) is 0 Å². The number of nitrogens with zero attached hydrogens (tertiary/aromatic N) is 2. The summed E-state index contributed by atoms with van der Waals surface area (Å²) in [5, 5.41) is 8.93. The Labute approximate surface area is 135 Å². The third kappa shape index (κ3) is 5.05. The van der Waals surface area contributed by atoms with Gasteiger partial charge in [0, 0.05) is 0 Å². The van der Waals surface area contributed by atoms with Gasteiger partial charge in [-0.3, -0.25) is 4.79 Å². The molecular weight excluding hydrogens is 325 g/mol. The minimum Gasteiger partial charge on any atom is -0.482 e. The van der Waals surface area contributed by atoms with E-state index >= 15 is 0 Å². The first-order chi connectivity index (χ1) is 11.4. The zero-order valence-corrected chi connectivity index (χ0v) is 12.4. The van der Waals surface area contributed by atoms with Crippen LogP contribution in [0.15, 0.2) is 47.1 Å². The third-order valence-corrected chi connectivity index (χ3v) is 3.01. The molecule has 0 fully saturated rings. The van der Waals surface area contributed by atoms with Crippen molar-refractivity contribution in [1.29, 1.82) is 5.26 Å². The maximum atomic E-state index is 12.7. The molecule has 0 saturated carbocycles. The second kappa shape index (κ2) is 7.55. The maximum absolute atomic E-state index is 12.7. The van der Waals surface area contributed by atoms with Gasteiger partial charge in [-0.05, 0) is 24.3 Å². The largest absolute Gasteiger partial charge is 0.482 e. The van der Waals surface area contributed by atoms with Crippen molar-refractivity contribution < 1.29 is 27.1 Å². The fourth-order valence-corrected chi connectivity index (χ4v) is 1.95. The predicted molar refractivity (Wildman–Crippen MR) is 76.8 cm³/mol. The van der Waals surface area contributed by atoms with Crippen LogP contribution in [0.5, 0.6) is 5.75 Å². The lowest BCUT2D eigenvalue weighted by Crippen LogP contribution is -2.40. The smallest absolute Gasteiger partial charge is 0.406 e. The van der Waals surface area contributed by atoms with Crippen molar-refractivity contribution in [3.8, 4) is 11.8 Å². The first-order valence-electron chi connectivity index (χ1n) is 6.88. The molecular formula is C16H13F3N2O3. The van der Waals surface area contributed by atoms with E-state index in [9.17, 15) is 18.0 Å². The minimum absolute atomic E-state index is 0.137. The number of furan rings is 1. The summed E-state index contributed by atoms with van der Waals surface area (Å²) in [4.78, 5) is 12.7. The number of para-hydroxylation sites is 1. The average Bonchev–Trinajstić information content (AvgIpc) is 3.04. The number of carbonyl (C=O) groups excluding carboxylic acids is 1. The number of hydrogen-bond donors (Lipinski definition) is 0. The molecule has 0 N–H and O–H groups in total. The highest BCUT2D eigenvalue weighted by molar-refractivity contribution is 5.77. The number of rotatable bonds is 6. The quantitative estimate of drug-likeness (QED) is 0.812. The molecule has 24 heavy (non-hydrogen) atoms. The van der Waals surface area contributed by atoms with Crippen LogP contribution >= 0.6 is 0 Å². The molecule has 8 heteroatoms. The van der Waals surface area contributed by atoms with Crippen LogP contribution in [0.4, 0.5) is 13.2 Å². The van der Waals surface area contributed by atoms with Crippen LogP contribution in [0.2, 0.25) is 0 Å². The molecule has 2 rings (SSSR count). The van der Waals surface area contributed by atoms with Crippen LogP contribution in [-0.4, -0.2) is 30.1 Å². The van der Waals surface area contributed by atoms with E-state index in [4.69, 9.17) is 14.4 Å². The average molecular weight is 338 g/mol. The number of ether oxygens (including phenoxy) is 1. The fraction of sp³-hybridized carbons (Fsp3) is 0.250. The van der Waals surface area contributed by atoms with E-state index in [-0.39, 0.29) is 23.6 Å². The number of benzene rings is 1. The van der Waals surface area contributed by atoms with E-state index in [2.05, 4.69) is 0 Å². The predicted octanol–water partition coefficient (Wildman–Crippen LogP) is 3.12. The summed E-state index contributed by atoms with van der Waals surface area (Å²) >= 11 is 0. The Morgan fingerprint density at radius 2 is 2.00 bits per heavy atom. The highest BCUT2D eigenvalue weighted by atomic mass is 19.4. The molecule has 1 heterocycles. The minimum atomic E-state index is -4.55. The van der Waals surface area contributed by atoms with Crippen molar-refractivity contribution in [2.24, 2.45) is 0 Å². The summed E-state index contributed by atoms with van der Waals surface area (Å²) in [6, 6.07) is 11.0. The van der Waals surface area contributed by atoms with Gasteiger partial charge in [-0.2, -0.15) is 18.4 Å². The first-order valence-corrected chi connectivity index (χ1v) is 6.88. The molecule has 0 unspecified atom stereocenters. The zero-order chi connectivity index (χ0) is 17.6. The van der Waals surface area contributed by atoms with Crippen molar-refractivity contribution in [3.63, 3.8) is 0 Å². The van der Waals surface area contributed by atoms with Crippen molar-refractivity contribution in [3.05, 3.63) is 54.0 Å². The second-order valence-corrected chi connectivity index (χ2v) is 4.84. The number of nitriles is 1. The molecule has 1 amide bonds. The Kier molecular flexibility index (Phi) is 5.47. The number of carbonyl (C=O) groups is 1. The number of hydrogen-bond acceptors (Lipinski definition) is 4. The van der Waals surface area contributed by atoms with Gasteiger partial charge in [-0.1, -0.05) is 12.1 Å². The molecule has 0 aliphatic carbocycles. The molecule has 0 atom stereocenters. The Hall–Kier alpha value is -2.95. The first kappa shape index (κ1) is 17.4. The maximum Gasteiger partial charge on any atom is 0.406 e. The lowest BCUT2D eigenvalue weighted by Gasteiger charge is -2.23. The summed E-state index contributed by atoms with van der Waals surface area (Å²) in [7, 11) is 0. The van der Waals surface area contributed by atoms with Gasteiger partial charge in [0.25, 0.3) is 5.91 Å². The highest BCUT2D eigenvalue weighted by Gasteiger charge is 2.33. The van der Waals surface area contributed by atoms with E-state index in [1.54, 1.807) is 12.1 Å². The molecule has 0 aliphatic heterocycles. The Bertz CT molecular complexity index is 721. The topological polar surface area (TPSA) is 66.5 Å². The summed E-state index contributed by atoms with van der Waals surface area (Å²) in [5.74, 6) is -0.500. The molecule has 5 nitrogen and oxygen atoms in total. The van der Waals surface area contributed by atoms with Gasteiger partial charge in [0.15, 0.2) is 6.61 Å². The van der Waals surface area contributed by atoms with Crippen molar-refractivity contribution >= 4 is 5.91 Å². The van der Waals surface area contributed by atoms with E-state index in [1.165, 1.54) is 30.5 Å². The SMILES string of the molecule is N#Cc1ccccc1OCC(=O)N(Cc1ccco1)CC(F)(F)F. The molecule has 2 aromatic rings. The second-order valence-electron chi connectivity index (χ2n) is 4.84. The van der Waals surface area contributed by atoms with E-state index in [1.807, 2.05) is 6.07 Å². The van der Waals surface area contributed by atoms with Crippen LogP contribution in [0.3, 0.4) is 0 Å². The number of amides is 1. The van der Waals surface area contributed by atoms with Gasteiger partial charge in [0.05, 0.1) is 18.4 Å². The molecule has 0 saturated heterocycles. The highest BCUT2D eigenvalue weighted by Crippen LogP contribution is 2.20. The molecule has 1 aromatic carbocycles. The summed E-state index contributed by atoms with van der Waals surface area (Å²) < 4.78 is 48.2. The van der Waals surface area contributed by atoms with Crippen LogP contribution < -0.4 is 4.74 Å². The molecule has 0 radical (unpaired) electrons. The fourth-order valence-electron chi connectivity index (χ4n) is 1.95. The molecule has 126 valence electrons. The van der Waals surface area contributed by atoms with Crippen LogP contribution in [0.25, 0.3) is 0 Å². The summed E-state index contributed by atoms with van der Waals surface area (Å²) in [6.45, 7) is -2.36. The van der Waals surface area contributed by atoms with Gasteiger partial charge in [-0.25, -0.2) is 0 Å². The van der Waals surface area contributed by atoms with Gasteiger partial charge in [0.1, 0.15) is 24.1 Å². The van der Waals surface area contributed by atoms with Crippen LogP contribution in [0.1, 0.15) is 11.3 Å². The molecule has 0 bridgehead atoms. The van der Waals surface area contributed by atoms with E-state index in [0.29, 0.717) is 4.90 Å². The number of alkyl halides is 3.